The minimum absolute atomic E-state index is 0.203. The van der Waals surface area contributed by atoms with Crippen LogP contribution in [0, 0.1) is 0 Å². The summed E-state index contributed by atoms with van der Waals surface area (Å²) in [6, 6.07) is 10.4. The second kappa shape index (κ2) is 5.50. The number of hydrogen-bond acceptors (Lipinski definition) is 4. The highest BCUT2D eigenvalue weighted by Crippen LogP contribution is 2.36. The molecular weight excluding hydrogens is 276 g/mol. The summed E-state index contributed by atoms with van der Waals surface area (Å²) in [7, 11) is 0. The fourth-order valence-corrected chi connectivity index (χ4v) is 3.66. The van der Waals surface area contributed by atoms with Crippen molar-refractivity contribution >= 4 is 11.6 Å². The number of hydrogen-bond donors (Lipinski definition) is 0. The van der Waals surface area contributed by atoms with Gasteiger partial charge in [0.1, 0.15) is 0 Å². The van der Waals surface area contributed by atoms with Gasteiger partial charge < -0.3 is 4.90 Å². The first-order chi connectivity index (χ1) is 10.8. The molecule has 0 aromatic carbocycles. The SMILES string of the molecule is O=C1C[C@@H]2[C@H](CCN2Cc2ccccn2)N1c1cccnc1. The van der Waals surface area contributed by atoms with E-state index in [1.807, 2.05) is 41.4 Å². The van der Waals surface area contributed by atoms with E-state index in [0.29, 0.717) is 6.42 Å². The summed E-state index contributed by atoms with van der Waals surface area (Å²) in [6.07, 6.45) is 6.94. The van der Waals surface area contributed by atoms with Crippen molar-refractivity contribution in [1.29, 1.82) is 0 Å². The zero-order chi connectivity index (χ0) is 14.9. The molecule has 0 saturated carbocycles. The Morgan fingerprint density at radius 3 is 2.86 bits per heavy atom. The van der Waals surface area contributed by atoms with Crippen LogP contribution in [0.4, 0.5) is 5.69 Å². The average molecular weight is 294 g/mol. The zero-order valence-corrected chi connectivity index (χ0v) is 12.3. The fraction of sp³-hybridized carbons (Fsp3) is 0.353. The van der Waals surface area contributed by atoms with Crippen molar-refractivity contribution in [2.75, 3.05) is 11.4 Å². The Hall–Kier alpha value is -2.27. The lowest BCUT2D eigenvalue weighted by molar-refractivity contribution is -0.117. The molecule has 0 bridgehead atoms. The summed E-state index contributed by atoms with van der Waals surface area (Å²) in [5.41, 5.74) is 1.98. The molecular formula is C17H18N4O. The van der Waals surface area contributed by atoms with Gasteiger partial charge in [-0.05, 0) is 30.7 Å². The van der Waals surface area contributed by atoms with E-state index in [2.05, 4.69) is 14.9 Å². The Labute approximate surface area is 129 Å². The fourth-order valence-electron chi connectivity index (χ4n) is 3.66. The van der Waals surface area contributed by atoms with Crippen LogP contribution < -0.4 is 4.90 Å². The maximum Gasteiger partial charge on any atom is 0.229 e. The average Bonchev–Trinajstić information content (AvgIpc) is 3.08. The van der Waals surface area contributed by atoms with Crippen molar-refractivity contribution in [2.24, 2.45) is 0 Å². The van der Waals surface area contributed by atoms with E-state index in [4.69, 9.17) is 0 Å². The molecule has 0 radical (unpaired) electrons. The lowest BCUT2D eigenvalue weighted by Crippen LogP contribution is -2.37. The van der Waals surface area contributed by atoms with Crippen LogP contribution in [0.3, 0.4) is 0 Å². The van der Waals surface area contributed by atoms with E-state index in [1.54, 1.807) is 12.4 Å². The Morgan fingerprint density at radius 1 is 1.14 bits per heavy atom. The second-order valence-electron chi connectivity index (χ2n) is 5.89. The van der Waals surface area contributed by atoms with E-state index in [-0.39, 0.29) is 18.0 Å². The molecule has 2 aromatic heterocycles. The highest BCUT2D eigenvalue weighted by Gasteiger charge is 2.47. The van der Waals surface area contributed by atoms with Crippen molar-refractivity contribution in [3.63, 3.8) is 0 Å². The molecule has 2 aliphatic rings. The van der Waals surface area contributed by atoms with Crippen molar-refractivity contribution in [1.82, 2.24) is 14.9 Å². The lowest BCUT2D eigenvalue weighted by atomic mass is 10.1. The lowest BCUT2D eigenvalue weighted by Gasteiger charge is -2.25. The Morgan fingerprint density at radius 2 is 2.09 bits per heavy atom. The molecule has 2 aliphatic heterocycles. The summed E-state index contributed by atoms with van der Waals surface area (Å²) in [5, 5.41) is 0. The zero-order valence-electron chi connectivity index (χ0n) is 12.3. The van der Waals surface area contributed by atoms with E-state index in [0.717, 1.165) is 30.9 Å². The number of likely N-dealkylation sites (tertiary alicyclic amines) is 1. The molecule has 2 aromatic rings. The summed E-state index contributed by atoms with van der Waals surface area (Å²) in [5.74, 6) is 0.203. The molecule has 0 unspecified atom stereocenters. The largest absolute Gasteiger partial charge is 0.306 e. The number of pyridine rings is 2. The van der Waals surface area contributed by atoms with Gasteiger partial charge in [0.25, 0.3) is 0 Å². The minimum Gasteiger partial charge on any atom is -0.306 e. The number of rotatable bonds is 3. The summed E-state index contributed by atoms with van der Waals surface area (Å²) >= 11 is 0. The number of anilines is 1. The maximum absolute atomic E-state index is 12.4. The van der Waals surface area contributed by atoms with Gasteiger partial charge >= 0.3 is 0 Å². The predicted molar refractivity (Wildman–Crippen MR) is 83.2 cm³/mol. The van der Waals surface area contributed by atoms with Gasteiger partial charge in [0.2, 0.25) is 5.91 Å². The third kappa shape index (κ3) is 2.27. The molecule has 2 saturated heterocycles. The number of fused-ring (bicyclic) bond motifs is 1. The molecule has 0 aliphatic carbocycles. The number of carbonyl (C=O) groups excluding carboxylic acids is 1. The van der Waals surface area contributed by atoms with Crippen LogP contribution in [0.1, 0.15) is 18.5 Å². The van der Waals surface area contributed by atoms with Crippen LogP contribution >= 0.6 is 0 Å². The van der Waals surface area contributed by atoms with Crippen LogP contribution in [-0.2, 0) is 11.3 Å². The van der Waals surface area contributed by atoms with Gasteiger partial charge in [0.05, 0.1) is 23.6 Å². The topological polar surface area (TPSA) is 49.3 Å². The quantitative estimate of drug-likeness (QED) is 0.867. The van der Waals surface area contributed by atoms with Crippen molar-refractivity contribution < 1.29 is 4.79 Å². The minimum atomic E-state index is 0.203. The van der Waals surface area contributed by atoms with Gasteiger partial charge in [0, 0.05) is 37.9 Å². The Balaban J connectivity index is 1.54. The van der Waals surface area contributed by atoms with E-state index in [9.17, 15) is 4.79 Å². The van der Waals surface area contributed by atoms with E-state index < -0.39 is 0 Å². The number of aromatic nitrogens is 2. The molecule has 4 rings (SSSR count). The van der Waals surface area contributed by atoms with Crippen LogP contribution in [0.5, 0.6) is 0 Å². The molecule has 112 valence electrons. The Kier molecular flexibility index (Phi) is 3.35. The van der Waals surface area contributed by atoms with Crippen molar-refractivity contribution in [2.45, 2.75) is 31.5 Å². The molecule has 5 nitrogen and oxygen atoms in total. The third-order valence-corrected chi connectivity index (χ3v) is 4.62. The highest BCUT2D eigenvalue weighted by molar-refractivity contribution is 5.97. The monoisotopic (exact) mass is 294 g/mol. The van der Waals surface area contributed by atoms with Gasteiger partial charge in [-0.1, -0.05) is 6.07 Å². The third-order valence-electron chi connectivity index (χ3n) is 4.62. The first-order valence-electron chi connectivity index (χ1n) is 7.69. The summed E-state index contributed by atoms with van der Waals surface area (Å²) in [4.78, 5) is 25.3. The van der Waals surface area contributed by atoms with E-state index in [1.165, 1.54) is 0 Å². The van der Waals surface area contributed by atoms with Crippen LogP contribution in [0.2, 0.25) is 0 Å². The molecule has 22 heavy (non-hydrogen) atoms. The Bertz CT molecular complexity index is 661. The summed E-state index contributed by atoms with van der Waals surface area (Å²) < 4.78 is 0. The van der Waals surface area contributed by atoms with Crippen LogP contribution in [0.15, 0.2) is 48.9 Å². The first-order valence-corrected chi connectivity index (χ1v) is 7.69. The van der Waals surface area contributed by atoms with Gasteiger partial charge in [0.15, 0.2) is 0 Å². The maximum atomic E-state index is 12.4. The van der Waals surface area contributed by atoms with Gasteiger partial charge in [-0.3, -0.25) is 19.7 Å². The van der Waals surface area contributed by atoms with Crippen molar-refractivity contribution in [3.8, 4) is 0 Å². The molecule has 0 spiro atoms. The van der Waals surface area contributed by atoms with Gasteiger partial charge in [-0.2, -0.15) is 0 Å². The van der Waals surface area contributed by atoms with Crippen LogP contribution in [-0.4, -0.2) is 39.4 Å². The van der Waals surface area contributed by atoms with Crippen LogP contribution in [0.25, 0.3) is 0 Å². The molecule has 0 N–H and O–H groups in total. The summed E-state index contributed by atoms with van der Waals surface area (Å²) in [6.45, 7) is 1.83. The number of nitrogens with zero attached hydrogens (tertiary/aromatic N) is 4. The van der Waals surface area contributed by atoms with Gasteiger partial charge in [-0.15, -0.1) is 0 Å². The molecule has 2 atom stereocenters. The molecule has 5 heteroatoms. The smallest absolute Gasteiger partial charge is 0.229 e. The van der Waals surface area contributed by atoms with E-state index >= 15 is 0 Å². The van der Waals surface area contributed by atoms with Gasteiger partial charge in [-0.25, -0.2) is 0 Å². The normalized spacial score (nSPS) is 24.7. The number of amides is 1. The standard InChI is InChI=1S/C17H18N4O/c22-17-10-16-15(21(17)14-5-3-7-18-11-14)6-9-20(16)12-13-4-1-2-8-19-13/h1-5,7-8,11,15-16H,6,9-10,12H2/t15-,16+/m0/s1. The highest BCUT2D eigenvalue weighted by atomic mass is 16.2. The number of carbonyl (C=O) groups is 1. The molecule has 1 amide bonds. The predicted octanol–water partition coefficient (Wildman–Crippen LogP) is 1.86. The molecule has 2 fully saturated rings. The first kappa shape index (κ1) is 13.4. The van der Waals surface area contributed by atoms with Crippen molar-refractivity contribution in [3.05, 3.63) is 54.6 Å². The molecule has 4 heterocycles. The second-order valence-corrected chi connectivity index (χ2v) is 5.89.